The monoisotopic (exact) mass is 250 g/mol. The molecule has 1 aliphatic heterocycles. The molecule has 2 rings (SSSR count). The van der Waals surface area contributed by atoms with Crippen molar-refractivity contribution < 1.29 is 9.90 Å². The van der Waals surface area contributed by atoms with Gasteiger partial charge in [0.25, 0.3) is 0 Å². The summed E-state index contributed by atoms with van der Waals surface area (Å²) in [6, 6.07) is 1.43. The number of hydrogen-bond donors (Lipinski definition) is 3. The molecule has 1 aromatic heterocycles. The van der Waals surface area contributed by atoms with Gasteiger partial charge in [0, 0.05) is 13.1 Å². The molecule has 0 amide bonds. The number of aromatic carboxylic acids is 1. The van der Waals surface area contributed by atoms with Crippen LogP contribution in [0.25, 0.3) is 0 Å². The Kier molecular flexibility index (Phi) is 3.66. The van der Waals surface area contributed by atoms with Crippen LogP contribution >= 0.6 is 0 Å². The highest BCUT2D eigenvalue weighted by Crippen LogP contribution is 2.18. The predicted octanol–water partition coefficient (Wildman–Crippen LogP) is 0.726. The molecular weight excluding hydrogens is 232 g/mol. The van der Waals surface area contributed by atoms with Gasteiger partial charge in [-0.2, -0.15) is 0 Å². The molecule has 0 aliphatic carbocycles. The average Bonchev–Trinajstić information content (AvgIpc) is 2.73. The first-order chi connectivity index (χ1) is 8.56. The summed E-state index contributed by atoms with van der Waals surface area (Å²) >= 11 is 0. The van der Waals surface area contributed by atoms with Crippen LogP contribution in [0.15, 0.2) is 12.3 Å². The van der Waals surface area contributed by atoms with E-state index in [1.165, 1.54) is 12.3 Å². The van der Waals surface area contributed by atoms with Crippen LogP contribution in [0.4, 0.5) is 11.5 Å². The molecule has 1 atom stereocenters. The fraction of sp³-hybridized carbons (Fsp3) is 0.500. The van der Waals surface area contributed by atoms with Gasteiger partial charge in [0.2, 0.25) is 0 Å². The minimum atomic E-state index is -1.01. The van der Waals surface area contributed by atoms with Crippen LogP contribution in [0.5, 0.6) is 0 Å². The number of anilines is 2. The van der Waals surface area contributed by atoms with Gasteiger partial charge in [-0.3, -0.25) is 0 Å². The van der Waals surface area contributed by atoms with Crippen molar-refractivity contribution in [1.29, 1.82) is 0 Å². The number of nitrogens with two attached hydrogens (primary N) is 1. The SMILES string of the molecule is CN1CCC(CNc2ncc(N)cc2C(=O)O)C1. The summed E-state index contributed by atoms with van der Waals surface area (Å²) in [4.78, 5) is 17.4. The summed E-state index contributed by atoms with van der Waals surface area (Å²) in [5.74, 6) is -0.0805. The van der Waals surface area contributed by atoms with Gasteiger partial charge in [-0.25, -0.2) is 9.78 Å². The summed E-state index contributed by atoms with van der Waals surface area (Å²) in [5.41, 5.74) is 6.03. The second kappa shape index (κ2) is 5.22. The highest BCUT2D eigenvalue weighted by molar-refractivity contribution is 5.94. The fourth-order valence-corrected chi connectivity index (χ4v) is 2.22. The maximum Gasteiger partial charge on any atom is 0.339 e. The summed E-state index contributed by atoms with van der Waals surface area (Å²) in [6.45, 7) is 2.86. The Morgan fingerprint density at radius 3 is 3.11 bits per heavy atom. The van der Waals surface area contributed by atoms with Gasteiger partial charge < -0.3 is 21.1 Å². The van der Waals surface area contributed by atoms with E-state index in [2.05, 4.69) is 22.2 Å². The topological polar surface area (TPSA) is 91.5 Å². The molecule has 0 radical (unpaired) electrons. The van der Waals surface area contributed by atoms with Gasteiger partial charge in [-0.05, 0) is 32.0 Å². The van der Waals surface area contributed by atoms with Crippen molar-refractivity contribution >= 4 is 17.5 Å². The third-order valence-corrected chi connectivity index (χ3v) is 3.19. The van der Waals surface area contributed by atoms with Gasteiger partial charge in [-0.1, -0.05) is 0 Å². The lowest BCUT2D eigenvalue weighted by molar-refractivity contribution is 0.0697. The molecule has 0 spiro atoms. The van der Waals surface area contributed by atoms with E-state index < -0.39 is 5.97 Å². The number of rotatable bonds is 4. The van der Waals surface area contributed by atoms with Crippen molar-refractivity contribution in [2.75, 3.05) is 37.7 Å². The van der Waals surface area contributed by atoms with Crippen LogP contribution in [-0.4, -0.2) is 47.6 Å². The molecule has 1 unspecified atom stereocenters. The molecule has 0 saturated carbocycles. The second-order valence-electron chi connectivity index (χ2n) is 4.77. The quantitative estimate of drug-likeness (QED) is 0.729. The molecule has 1 saturated heterocycles. The molecular formula is C12H18N4O2. The molecule has 2 heterocycles. The molecule has 98 valence electrons. The van der Waals surface area contributed by atoms with Crippen LogP contribution in [0, 0.1) is 5.92 Å². The Morgan fingerprint density at radius 2 is 2.50 bits per heavy atom. The van der Waals surface area contributed by atoms with E-state index in [-0.39, 0.29) is 5.56 Å². The molecule has 1 aromatic rings. The third-order valence-electron chi connectivity index (χ3n) is 3.19. The van der Waals surface area contributed by atoms with Crippen molar-refractivity contribution in [2.24, 2.45) is 5.92 Å². The van der Waals surface area contributed by atoms with Crippen molar-refractivity contribution in [3.05, 3.63) is 17.8 Å². The fourth-order valence-electron chi connectivity index (χ4n) is 2.22. The van der Waals surface area contributed by atoms with Crippen LogP contribution in [0.2, 0.25) is 0 Å². The van der Waals surface area contributed by atoms with E-state index in [0.29, 0.717) is 17.4 Å². The van der Waals surface area contributed by atoms with Crippen molar-refractivity contribution in [3.8, 4) is 0 Å². The van der Waals surface area contributed by atoms with E-state index >= 15 is 0 Å². The number of pyridine rings is 1. The maximum atomic E-state index is 11.1. The van der Waals surface area contributed by atoms with E-state index in [9.17, 15) is 4.79 Å². The highest BCUT2D eigenvalue weighted by atomic mass is 16.4. The minimum Gasteiger partial charge on any atom is -0.478 e. The average molecular weight is 250 g/mol. The molecule has 6 nitrogen and oxygen atoms in total. The smallest absolute Gasteiger partial charge is 0.339 e. The van der Waals surface area contributed by atoms with Crippen LogP contribution in [-0.2, 0) is 0 Å². The number of aromatic nitrogens is 1. The zero-order valence-electron chi connectivity index (χ0n) is 10.4. The zero-order chi connectivity index (χ0) is 13.1. The Bertz CT molecular complexity index is 450. The number of nitrogens with one attached hydrogen (secondary N) is 1. The van der Waals surface area contributed by atoms with Gasteiger partial charge in [0.05, 0.1) is 11.9 Å². The second-order valence-corrected chi connectivity index (χ2v) is 4.77. The molecule has 18 heavy (non-hydrogen) atoms. The summed E-state index contributed by atoms with van der Waals surface area (Å²) in [6.07, 6.45) is 2.59. The minimum absolute atomic E-state index is 0.126. The number of likely N-dealkylation sites (tertiary alicyclic amines) is 1. The lowest BCUT2D eigenvalue weighted by Gasteiger charge is -2.13. The first-order valence-electron chi connectivity index (χ1n) is 5.97. The van der Waals surface area contributed by atoms with Crippen molar-refractivity contribution in [2.45, 2.75) is 6.42 Å². The van der Waals surface area contributed by atoms with Gasteiger partial charge in [-0.15, -0.1) is 0 Å². The molecule has 1 fully saturated rings. The van der Waals surface area contributed by atoms with Crippen LogP contribution in [0.3, 0.4) is 0 Å². The number of carboxylic acid groups (broad SMARTS) is 1. The number of nitrogen functional groups attached to an aromatic ring is 1. The molecule has 4 N–H and O–H groups in total. The molecule has 6 heteroatoms. The largest absolute Gasteiger partial charge is 0.478 e. The number of nitrogens with zero attached hydrogens (tertiary/aromatic N) is 2. The molecule has 0 bridgehead atoms. The first-order valence-corrected chi connectivity index (χ1v) is 5.97. The van der Waals surface area contributed by atoms with E-state index in [1.807, 2.05) is 0 Å². The van der Waals surface area contributed by atoms with E-state index in [4.69, 9.17) is 10.8 Å². The summed E-state index contributed by atoms with van der Waals surface area (Å²) in [5, 5.41) is 12.2. The van der Waals surface area contributed by atoms with Crippen LogP contribution in [0.1, 0.15) is 16.8 Å². The van der Waals surface area contributed by atoms with Crippen molar-refractivity contribution in [1.82, 2.24) is 9.88 Å². The number of carboxylic acids is 1. The number of carbonyl (C=O) groups is 1. The zero-order valence-corrected chi connectivity index (χ0v) is 10.4. The van der Waals surface area contributed by atoms with E-state index in [0.717, 1.165) is 26.1 Å². The Hall–Kier alpha value is -1.82. The van der Waals surface area contributed by atoms with Crippen molar-refractivity contribution in [3.63, 3.8) is 0 Å². The van der Waals surface area contributed by atoms with Crippen LogP contribution < -0.4 is 11.1 Å². The lowest BCUT2D eigenvalue weighted by Crippen LogP contribution is -2.20. The summed E-state index contributed by atoms with van der Waals surface area (Å²) < 4.78 is 0. The first kappa shape index (κ1) is 12.6. The van der Waals surface area contributed by atoms with Gasteiger partial charge >= 0.3 is 5.97 Å². The standard InChI is InChI=1S/C12H18N4O2/c1-16-3-2-8(7-16)5-14-11-10(12(17)18)4-9(13)6-15-11/h4,6,8H,2-3,5,7,13H2,1H3,(H,14,15)(H,17,18). The van der Waals surface area contributed by atoms with Gasteiger partial charge in [0.1, 0.15) is 11.4 Å². The van der Waals surface area contributed by atoms with Gasteiger partial charge in [0.15, 0.2) is 0 Å². The van der Waals surface area contributed by atoms with E-state index in [1.54, 1.807) is 0 Å². The highest BCUT2D eigenvalue weighted by Gasteiger charge is 2.20. The lowest BCUT2D eigenvalue weighted by atomic mass is 10.1. The Labute approximate surface area is 106 Å². The molecule has 1 aliphatic rings. The Balaban J connectivity index is 2.02. The normalized spacial score (nSPS) is 19.9. The Morgan fingerprint density at radius 1 is 1.72 bits per heavy atom. The third kappa shape index (κ3) is 2.89. The summed E-state index contributed by atoms with van der Waals surface area (Å²) in [7, 11) is 2.09. The maximum absolute atomic E-state index is 11.1. The number of hydrogen-bond acceptors (Lipinski definition) is 5. The molecule has 0 aromatic carbocycles. The predicted molar refractivity (Wildman–Crippen MR) is 69.7 cm³/mol.